The van der Waals surface area contributed by atoms with Crippen LogP contribution in [0.5, 0.6) is 0 Å². The molecule has 3 aromatic rings. The van der Waals surface area contributed by atoms with Crippen LogP contribution < -0.4 is 5.69 Å². The number of hydrogen-bond acceptors (Lipinski definition) is 3. The number of carbonyl (C=O) groups is 2. The Morgan fingerprint density at radius 2 is 1.85 bits per heavy atom. The molecular weight excluding hydrogens is 518 g/mol. The van der Waals surface area contributed by atoms with Crippen LogP contribution in [0.1, 0.15) is 70.2 Å². The maximum absolute atomic E-state index is 13.6. The zero-order valence-electron chi connectivity index (χ0n) is 18.8. The zero-order valence-corrected chi connectivity index (χ0v) is 21.2. The van der Waals surface area contributed by atoms with Crippen molar-refractivity contribution in [2.45, 2.75) is 51.2 Å². The Morgan fingerprint density at radius 1 is 1.12 bits per heavy atom. The SMILES string of the molecule is C[C@@H](CC(=O)c1c2n(c(=O)n1C1CC1)CCN(C(=O)c1ccc(Br)c(Cl)c1)C2)c1ccccc1. The smallest absolute Gasteiger partial charge is 0.329 e. The van der Waals surface area contributed by atoms with Crippen LogP contribution in [-0.2, 0) is 13.1 Å². The van der Waals surface area contributed by atoms with Gasteiger partial charge in [-0.25, -0.2) is 4.79 Å². The summed E-state index contributed by atoms with van der Waals surface area (Å²) in [5.41, 5.74) is 2.56. The fraction of sp³-hybridized carbons (Fsp3) is 0.346. The van der Waals surface area contributed by atoms with Gasteiger partial charge in [-0.2, -0.15) is 0 Å². The highest BCUT2D eigenvalue weighted by atomic mass is 79.9. The van der Waals surface area contributed by atoms with Gasteiger partial charge in [0.2, 0.25) is 0 Å². The van der Waals surface area contributed by atoms with Gasteiger partial charge < -0.3 is 4.90 Å². The average molecular weight is 543 g/mol. The molecular formula is C26H25BrClN3O3. The van der Waals surface area contributed by atoms with Crippen LogP contribution in [0.4, 0.5) is 0 Å². The summed E-state index contributed by atoms with van der Waals surface area (Å²) in [5.74, 6) is -0.184. The maximum atomic E-state index is 13.6. The predicted octanol–water partition coefficient (Wildman–Crippen LogP) is 5.43. The van der Waals surface area contributed by atoms with Crippen LogP contribution in [0.25, 0.3) is 0 Å². The van der Waals surface area contributed by atoms with Gasteiger partial charge in [0.05, 0.1) is 17.3 Å². The average Bonchev–Trinajstić information content (AvgIpc) is 3.64. The van der Waals surface area contributed by atoms with Gasteiger partial charge in [-0.15, -0.1) is 0 Å². The summed E-state index contributed by atoms with van der Waals surface area (Å²) in [6.07, 6.45) is 2.11. The van der Waals surface area contributed by atoms with Crippen LogP contribution in [0, 0.1) is 0 Å². The highest BCUT2D eigenvalue weighted by Crippen LogP contribution is 2.37. The first-order valence-electron chi connectivity index (χ1n) is 11.5. The predicted molar refractivity (Wildman–Crippen MR) is 135 cm³/mol. The van der Waals surface area contributed by atoms with E-state index in [1.54, 1.807) is 32.2 Å². The molecule has 0 radical (unpaired) electrons. The maximum Gasteiger partial charge on any atom is 0.329 e. The van der Waals surface area contributed by atoms with Gasteiger partial charge in [-0.3, -0.25) is 18.7 Å². The Kier molecular flexibility index (Phi) is 6.25. The van der Waals surface area contributed by atoms with Crippen LogP contribution in [-0.4, -0.2) is 32.3 Å². The van der Waals surface area contributed by atoms with Gasteiger partial charge in [0, 0.05) is 35.6 Å². The third-order valence-corrected chi connectivity index (χ3v) is 7.93. The molecule has 1 aromatic heterocycles. The molecule has 1 aliphatic carbocycles. The van der Waals surface area contributed by atoms with E-state index in [0.717, 1.165) is 22.9 Å². The normalized spacial score (nSPS) is 16.3. The molecule has 5 rings (SSSR count). The molecule has 1 saturated carbocycles. The molecule has 0 bridgehead atoms. The van der Waals surface area contributed by atoms with E-state index in [1.165, 1.54) is 0 Å². The second kappa shape index (κ2) is 9.19. The van der Waals surface area contributed by atoms with E-state index < -0.39 is 0 Å². The van der Waals surface area contributed by atoms with Crippen molar-refractivity contribution in [3.63, 3.8) is 0 Å². The number of benzene rings is 2. The third kappa shape index (κ3) is 4.27. The standard InChI is InChI=1S/C26H25BrClN3O3/c1-16(17-5-3-2-4-6-17)13-23(32)24-22-15-29(25(33)18-7-10-20(27)21(28)14-18)11-12-30(22)26(34)31(24)19-8-9-19/h2-7,10,14,16,19H,8-9,11-13,15H2,1H3/t16-/m0/s1. The quantitative estimate of drug-likeness (QED) is 0.390. The molecule has 0 unspecified atom stereocenters. The third-order valence-electron chi connectivity index (χ3n) is 6.70. The largest absolute Gasteiger partial charge is 0.331 e. The van der Waals surface area contributed by atoms with E-state index >= 15 is 0 Å². The van der Waals surface area contributed by atoms with Crippen LogP contribution in [0.2, 0.25) is 5.02 Å². The van der Waals surface area contributed by atoms with Gasteiger partial charge in [0.15, 0.2) is 5.78 Å². The zero-order chi connectivity index (χ0) is 24.0. The lowest BCUT2D eigenvalue weighted by molar-refractivity contribution is 0.0706. The number of imidazole rings is 1. The van der Waals surface area contributed by atoms with Crippen molar-refractivity contribution < 1.29 is 9.59 Å². The van der Waals surface area contributed by atoms with Crippen molar-refractivity contribution in [2.75, 3.05) is 6.54 Å². The van der Waals surface area contributed by atoms with Crippen molar-refractivity contribution in [3.05, 3.63) is 91.0 Å². The number of carbonyl (C=O) groups excluding carboxylic acids is 2. The summed E-state index contributed by atoms with van der Waals surface area (Å²) in [7, 11) is 0. The Labute approximate surface area is 211 Å². The van der Waals surface area contributed by atoms with Crippen molar-refractivity contribution in [2.24, 2.45) is 0 Å². The summed E-state index contributed by atoms with van der Waals surface area (Å²) in [6.45, 7) is 3.03. The fourth-order valence-corrected chi connectivity index (χ4v) is 5.13. The van der Waals surface area contributed by atoms with E-state index in [-0.39, 0.29) is 35.9 Å². The van der Waals surface area contributed by atoms with E-state index in [4.69, 9.17) is 11.6 Å². The fourth-order valence-electron chi connectivity index (χ4n) is 4.71. The Bertz CT molecular complexity index is 1330. The van der Waals surface area contributed by atoms with Crippen LogP contribution >= 0.6 is 27.5 Å². The molecule has 6 nitrogen and oxygen atoms in total. The summed E-state index contributed by atoms with van der Waals surface area (Å²) in [5, 5.41) is 0.463. The van der Waals surface area contributed by atoms with Crippen molar-refractivity contribution in [1.29, 1.82) is 0 Å². The molecule has 1 fully saturated rings. The van der Waals surface area contributed by atoms with Crippen LogP contribution in [0.15, 0.2) is 57.8 Å². The van der Waals surface area contributed by atoms with Crippen molar-refractivity contribution in [1.82, 2.24) is 14.0 Å². The lowest BCUT2D eigenvalue weighted by atomic mass is 9.94. The number of fused-ring (bicyclic) bond motifs is 1. The highest BCUT2D eigenvalue weighted by molar-refractivity contribution is 9.10. The minimum Gasteiger partial charge on any atom is -0.331 e. The molecule has 0 N–H and O–H groups in total. The lowest BCUT2D eigenvalue weighted by Crippen LogP contribution is -2.41. The number of aromatic nitrogens is 2. The number of rotatable bonds is 6. The molecule has 1 amide bonds. The molecule has 8 heteroatoms. The number of hydrogen-bond donors (Lipinski definition) is 0. The minimum absolute atomic E-state index is 0.0261. The number of nitrogens with zero attached hydrogens (tertiary/aromatic N) is 3. The molecule has 1 aliphatic heterocycles. The molecule has 2 aromatic carbocycles. The second-order valence-corrected chi connectivity index (χ2v) is 10.4. The van der Waals surface area contributed by atoms with Gasteiger partial charge in [0.25, 0.3) is 5.91 Å². The summed E-state index contributed by atoms with van der Waals surface area (Å²) in [6, 6.07) is 15.1. The first-order chi connectivity index (χ1) is 16.3. The molecule has 34 heavy (non-hydrogen) atoms. The van der Waals surface area contributed by atoms with Crippen molar-refractivity contribution >= 4 is 39.2 Å². The molecule has 2 aliphatic rings. The lowest BCUT2D eigenvalue weighted by Gasteiger charge is -2.28. The van der Waals surface area contributed by atoms with E-state index in [0.29, 0.717) is 41.5 Å². The van der Waals surface area contributed by atoms with Gasteiger partial charge >= 0.3 is 5.69 Å². The van der Waals surface area contributed by atoms with Crippen molar-refractivity contribution in [3.8, 4) is 0 Å². The summed E-state index contributed by atoms with van der Waals surface area (Å²) in [4.78, 5) is 41.8. The van der Waals surface area contributed by atoms with E-state index in [1.807, 2.05) is 37.3 Å². The first-order valence-corrected chi connectivity index (χ1v) is 12.7. The first kappa shape index (κ1) is 23.1. The molecule has 2 heterocycles. The van der Waals surface area contributed by atoms with E-state index in [2.05, 4.69) is 15.9 Å². The van der Waals surface area contributed by atoms with E-state index in [9.17, 15) is 14.4 Å². The minimum atomic E-state index is -0.164. The van der Waals surface area contributed by atoms with Crippen LogP contribution in [0.3, 0.4) is 0 Å². The number of halogens is 2. The number of Topliss-reactive ketones (excluding diaryl/α,β-unsaturated/α-hetero) is 1. The monoisotopic (exact) mass is 541 g/mol. The highest BCUT2D eigenvalue weighted by Gasteiger charge is 2.37. The molecule has 0 saturated heterocycles. The molecule has 1 atom stereocenters. The number of ketones is 1. The topological polar surface area (TPSA) is 64.3 Å². The second-order valence-electron chi connectivity index (χ2n) is 9.13. The Balaban J connectivity index is 1.47. The van der Waals surface area contributed by atoms with Gasteiger partial charge in [-0.1, -0.05) is 48.9 Å². The van der Waals surface area contributed by atoms with Gasteiger partial charge in [-0.05, 0) is 58.5 Å². The van der Waals surface area contributed by atoms with Gasteiger partial charge in [0.1, 0.15) is 5.69 Å². The Hall–Kier alpha value is -2.64. The Morgan fingerprint density at radius 3 is 2.53 bits per heavy atom. The molecule has 176 valence electrons. The summed E-state index contributed by atoms with van der Waals surface area (Å²) >= 11 is 9.55. The number of amides is 1. The summed E-state index contributed by atoms with van der Waals surface area (Å²) < 4.78 is 4.11. The molecule has 0 spiro atoms.